The average molecular weight is 244 g/mol. The van der Waals surface area contributed by atoms with Crippen LogP contribution in [0.4, 0.5) is 4.79 Å². The molecule has 0 rings (SSSR count). The van der Waals surface area contributed by atoms with E-state index in [9.17, 15) is 9.59 Å². The third-order valence-electron chi connectivity index (χ3n) is 2.87. The number of carboxylic acid groups (broad SMARTS) is 1. The van der Waals surface area contributed by atoms with Crippen molar-refractivity contribution in [3.05, 3.63) is 0 Å². The molecule has 0 fully saturated rings. The SMILES string of the molecule is CCC(CC)CNC(=O)NC(C)CCC(=O)O. The van der Waals surface area contributed by atoms with Crippen molar-refractivity contribution < 1.29 is 14.7 Å². The molecule has 17 heavy (non-hydrogen) atoms. The van der Waals surface area contributed by atoms with Gasteiger partial charge in [0.2, 0.25) is 0 Å². The lowest BCUT2D eigenvalue weighted by Crippen LogP contribution is -2.42. The number of rotatable bonds is 8. The zero-order valence-electron chi connectivity index (χ0n) is 11.0. The van der Waals surface area contributed by atoms with Crippen LogP contribution in [0.15, 0.2) is 0 Å². The maximum absolute atomic E-state index is 11.5. The molecule has 0 aromatic rings. The molecule has 0 aliphatic rings. The number of hydrogen-bond acceptors (Lipinski definition) is 2. The van der Waals surface area contributed by atoms with Crippen LogP contribution in [0.1, 0.15) is 46.5 Å². The first-order valence-electron chi connectivity index (χ1n) is 6.25. The highest BCUT2D eigenvalue weighted by Gasteiger charge is 2.10. The molecule has 0 aliphatic heterocycles. The standard InChI is InChI=1S/C12H24N2O3/c1-4-10(5-2)8-13-12(17)14-9(3)6-7-11(15)16/h9-10H,4-8H2,1-3H3,(H,15,16)(H2,13,14,17). The Labute approximate surface area is 103 Å². The first-order valence-corrected chi connectivity index (χ1v) is 6.25. The Morgan fingerprint density at radius 1 is 1.24 bits per heavy atom. The van der Waals surface area contributed by atoms with Gasteiger partial charge in [-0.3, -0.25) is 4.79 Å². The van der Waals surface area contributed by atoms with Crippen molar-refractivity contribution in [3.8, 4) is 0 Å². The summed E-state index contributed by atoms with van der Waals surface area (Å²) < 4.78 is 0. The van der Waals surface area contributed by atoms with Crippen molar-refractivity contribution >= 4 is 12.0 Å². The van der Waals surface area contributed by atoms with E-state index >= 15 is 0 Å². The molecular formula is C12H24N2O3. The molecule has 0 heterocycles. The lowest BCUT2D eigenvalue weighted by atomic mass is 10.0. The highest BCUT2D eigenvalue weighted by molar-refractivity contribution is 5.74. The van der Waals surface area contributed by atoms with Gasteiger partial charge in [-0.05, 0) is 19.3 Å². The van der Waals surface area contributed by atoms with Crippen molar-refractivity contribution in [2.75, 3.05) is 6.54 Å². The first-order chi connectivity index (χ1) is 7.99. The Kier molecular flexibility index (Phi) is 8.19. The highest BCUT2D eigenvalue weighted by Crippen LogP contribution is 2.04. The summed E-state index contributed by atoms with van der Waals surface area (Å²) in [5.74, 6) is -0.328. The van der Waals surface area contributed by atoms with Crippen LogP contribution in [0, 0.1) is 5.92 Å². The van der Waals surface area contributed by atoms with Crippen molar-refractivity contribution in [2.24, 2.45) is 5.92 Å². The number of amides is 2. The second kappa shape index (κ2) is 8.84. The molecule has 0 bridgehead atoms. The van der Waals surface area contributed by atoms with Crippen LogP contribution in [-0.4, -0.2) is 29.7 Å². The second-order valence-electron chi connectivity index (χ2n) is 4.37. The topological polar surface area (TPSA) is 78.4 Å². The third-order valence-corrected chi connectivity index (χ3v) is 2.87. The van der Waals surface area contributed by atoms with Gasteiger partial charge in [0.25, 0.3) is 0 Å². The predicted octanol–water partition coefficient (Wildman–Crippen LogP) is 1.98. The van der Waals surface area contributed by atoms with Crippen LogP contribution in [-0.2, 0) is 4.79 Å². The minimum absolute atomic E-state index is 0.0774. The zero-order valence-corrected chi connectivity index (χ0v) is 11.0. The molecule has 0 aromatic heterocycles. The minimum atomic E-state index is -0.837. The van der Waals surface area contributed by atoms with Gasteiger partial charge in [0, 0.05) is 19.0 Å². The summed E-state index contributed by atoms with van der Waals surface area (Å²) in [4.78, 5) is 21.8. The van der Waals surface area contributed by atoms with Gasteiger partial charge >= 0.3 is 12.0 Å². The van der Waals surface area contributed by atoms with Crippen LogP contribution < -0.4 is 10.6 Å². The summed E-state index contributed by atoms with van der Waals surface area (Å²) in [6, 6.07) is -0.331. The van der Waals surface area contributed by atoms with E-state index in [1.54, 1.807) is 6.92 Å². The number of nitrogens with one attached hydrogen (secondary N) is 2. The van der Waals surface area contributed by atoms with Crippen LogP contribution >= 0.6 is 0 Å². The fourth-order valence-corrected chi connectivity index (χ4v) is 1.50. The fraction of sp³-hybridized carbons (Fsp3) is 0.833. The largest absolute Gasteiger partial charge is 0.481 e. The molecule has 1 atom stereocenters. The Bertz CT molecular complexity index is 240. The van der Waals surface area contributed by atoms with Crippen LogP contribution in [0.3, 0.4) is 0 Å². The van der Waals surface area contributed by atoms with Gasteiger partial charge in [0.1, 0.15) is 0 Å². The van der Waals surface area contributed by atoms with Gasteiger partial charge in [-0.15, -0.1) is 0 Å². The van der Waals surface area contributed by atoms with Crippen molar-refractivity contribution in [2.45, 2.75) is 52.5 Å². The predicted molar refractivity (Wildman–Crippen MR) is 66.9 cm³/mol. The van der Waals surface area contributed by atoms with Crippen molar-refractivity contribution in [1.82, 2.24) is 10.6 Å². The minimum Gasteiger partial charge on any atom is -0.481 e. The molecule has 0 saturated heterocycles. The smallest absolute Gasteiger partial charge is 0.315 e. The maximum atomic E-state index is 11.5. The second-order valence-corrected chi connectivity index (χ2v) is 4.37. The fourth-order valence-electron chi connectivity index (χ4n) is 1.50. The Morgan fingerprint density at radius 3 is 2.29 bits per heavy atom. The van der Waals surface area contributed by atoms with Gasteiger partial charge in [-0.1, -0.05) is 26.7 Å². The first kappa shape index (κ1) is 15.7. The summed E-state index contributed by atoms with van der Waals surface area (Å²) in [6.07, 6.45) is 2.62. The molecule has 0 radical (unpaired) electrons. The summed E-state index contributed by atoms with van der Waals surface area (Å²) in [7, 11) is 0. The van der Waals surface area contributed by atoms with Crippen LogP contribution in [0.2, 0.25) is 0 Å². The summed E-state index contributed by atoms with van der Waals surface area (Å²) in [5, 5.41) is 14.0. The number of carboxylic acids is 1. The van der Waals surface area contributed by atoms with E-state index in [2.05, 4.69) is 24.5 Å². The molecule has 0 spiro atoms. The van der Waals surface area contributed by atoms with E-state index in [0.29, 0.717) is 18.9 Å². The molecule has 0 aliphatic carbocycles. The number of aliphatic carboxylic acids is 1. The zero-order chi connectivity index (χ0) is 13.3. The van der Waals surface area contributed by atoms with Crippen LogP contribution in [0.5, 0.6) is 0 Å². The molecule has 0 saturated carbocycles. The molecule has 100 valence electrons. The van der Waals surface area contributed by atoms with Gasteiger partial charge in [0.15, 0.2) is 0 Å². The summed E-state index contributed by atoms with van der Waals surface area (Å²) in [5.41, 5.74) is 0. The van der Waals surface area contributed by atoms with E-state index in [4.69, 9.17) is 5.11 Å². The average Bonchev–Trinajstić information content (AvgIpc) is 2.27. The number of hydrogen-bond donors (Lipinski definition) is 3. The molecule has 2 amide bonds. The van der Waals surface area contributed by atoms with Gasteiger partial charge in [-0.2, -0.15) is 0 Å². The lowest BCUT2D eigenvalue weighted by molar-refractivity contribution is -0.137. The molecule has 5 nitrogen and oxygen atoms in total. The van der Waals surface area contributed by atoms with Crippen molar-refractivity contribution in [1.29, 1.82) is 0 Å². The molecule has 1 unspecified atom stereocenters. The van der Waals surface area contributed by atoms with Gasteiger partial charge < -0.3 is 15.7 Å². The van der Waals surface area contributed by atoms with Crippen molar-refractivity contribution in [3.63, 3.8) is 0 Å². The normalized spacial score (nSPS) is 12.2. The third kappa shape index (κ3) is 8.54. The molecule has 5 heteroatoms. The number of carbonyl (C=O) groups excluding carboxylic acids is 1. The van der Waals surface area contributed by atoms with E-state index in [1.165, 1.54) is 0 Å². The van der Waals surface area contributed by atoms with Crippen LogP contribution in [0.25, 0.3) is 0 Å². The van der Waals surface area contributed by atoms with E-state index in [-0.39, 0.29) is 18.5 Å². The Balaban J connectivity index is 3.73. The summed E-state index contributed by atoms with van der Waals surface area (Å²) >= 11 is 0. The number of carbonyl (C=O) groups is 2. The van der Waals surface area contributed by atoms with Gasteiger partial charge in [0.05, 0.1) is 0 Å². The number of urea groups is 1. The lowest BCUT2D eigenvalue weighted by Gasteiger charge is -2.16. The Morgan fingerprint density at radius 2 is 1.82 bits per heavy atom. The molecular weight excluding hydrogens is 220 g/mol. The maximum Gasteiger partial charge on any atom is 0.315 e. The monoisotopic (exact) mass is 244 g/mol. The van der Waals surface area contributed by atoms with E-state index < -0.39 is 5.97 Å². The Hall–Kier alpha value is -1.26. The molecule has 3 N–H and O–H groups in total. The van der Waals surface area contributed by atoms with E-state index in [1.807, 2.05) is 0 Å². The quantitative estimate of drug-likeness (QED) is 0.611. The summed E-state index contributed by atoms with van der Waals surface area (Å²) in [6.45, 7) is 6.68. The van der Waals surface area contributed by atoms with E-state index in [0.717, 1.165) is 12.8 Å². The highest BCUT2D eigenvalue weighted by atomic mass is 16.4. The van der Waals surface area contributed by atoms with Gasteiger partial charge in [-0.25, -0.2) is 4.79 Å². The molecule has 0 aromatic carbocycles.